The maximum Gasteiger partial charge on any atom is 0.130 e. The van der Waals surface area contributed by atoms with Crippen molar-refractivity contribution in [1.29, 1.82) is 0 Å². The van der Waals surface area contributed by atoms with Gasteiger partial charge in [-0.3, -0.25) is 4.99 Å². The number of anilines is 1. The number of hydrogen-bond acceptors (Lipinski definition) is 4. The van der Waals surface area contributed by atoms with Crippen molar-refractivity contribution in [2.24, 2.45) is 10.9 Å². The quantitative estimate of drug-likeness (QED) is 0.676. The maximum atomic E-state index is 6.69. The van der Waals surface area contributed by atoms with Crippen LogP contribution in [0.2, 0.25) is 5.02 Å². The molecule has 2 aromatic rings. The summed E-state index contributed by atoms with van der Waals surface area (Å²) >= 11 is 6.69. The highest BCUT2D eigenvalue weighted by Gasteiger charge is 2.26. The second-order valence-electron chi connectivity index (χ2n) is 8.66. The molecule has 2 aliphatic heterocycles. The second-order valence-corrected chi connectivity index (χ2v) is 9.07. The molecule has 0 bridgehead atoms. The lowest BCUT2D eigenvalue weighted by Gasteiger charge is -2.31. The summed E-state index contributed by atoms with van der Waals surface area (Å²) in [7, 11) is 4.27. The van der Waals surface area contributed by atoms with Gasteiger partial charge >= 0.3 is 0 Å². The molecule has 0 aliphatic carbocycles. The SMILES string of the molecule is CCc1c(Cl)cc(N2CCCC2)nc1C=CC1N=c2ccccc2=C(N(C)C)C1CC. The third kappa shape index (κ3) is 4.36. The van der Waals surface area contributed by atoms with E-state index in [-0.39, 0.29) is 6.04 Å². The number of nitrogens with zero attached hydrogens (tertiary/aromatic N) is 4. The molecule has 1 fully saturated rings. The summed E-state index contributed by atoms with van der Waals surface area (Å²) in [6, 6.07) is 10.6. The fourth-order valence-corrected chi connectivity index (χ4v) is 5.26. The smallest absolute Gasteiger partial charge is 0.130 e. The van der Waals surface area contributed by atoms with Crippen LogP contribution in [0.25, 0.3) is 11.8 Å². The zero-order chi connectivity index (χ0) is 22.0. The molecule has 2 aliphatic rings. The van der Waals surface area contributed by atoms with Gasteiger partial charge in [-0.2, -0.15) is 0 Å². The Bertz CT molecular complexity index is 1080. The van der Waals surface area contributed by atoms with Gasteiger partial charge in [0.1, 0.15) is 5.82 Å². The molecule has 1 saturated heterocycles. The van der Waals surface area contributed by atoms with E-state index in [2.05, 4.69) is 74.2 Å². The molecule has 0 saturated carbocycles. The summed E-state index contributed by atoms with van der Waals surface area (Å²) < 4.78 is 0. The number of fused-ring (bicyclic) bond motifs is 1. The molecule has 0 spiro atoms. The Morgan fingerprint density at radius 2 is 1.90 bits per heavy atom. The Labute approximate surface area is 191 Å². The van der Waals surface area contributed by atoms with Gasteiger partial charge in [-0.15, -0.1) is 0 Å². The van der Waals surface area contributed by atoms with E-state index in [9.17, 15) is 0 Å². The second kappa shape index (κ2) is 9.44. The minimum absolute atomic E-state index is 0.0815. The van der Waals surface area contributed by atoms with Crippen molar-refractivity contribution in [3.8, 4) is 0 Å². The summed E-state index contributed by atoms with van der Waals surface area (Å²) in [4.78, 5) is 14.7. The fraction of sp³-hybridized carbons (Fsp3) is 0.462. The minimum atomic E-state index is 0.0815. The molecule has 0 radical (unpaired) electrons. The first-order chi connectivity index (χ1) is 15.0. The van der Waals surface area contributed by atoms with Crippen LogP contribution >= 0.6 is 11.6 Å². The Hall–Kier alpha value is -2.33. The lowest BCUT2D eigenvalue weighted by atomic mass is 9.88. The maximum absolute atomic E-state index is 6.69. The Kier molecular flexibility index (Phi) is 6.66. The predicted molar refractivity (Wildman–Crippen MR) is 131 cm³/mol. The fourth-order valence-electron chi connectivity index (χ4n) is 4.93. The molecule has 0 amide bonds. The molecule has 2 unspecified atom stereocenters. The summed E-state index contributed by atoms with van der Waals surface area (Å²) in [5.74, 6) is 1.33. The van der Waals surface area contributed by atoms with Gasteiger partial charge in [0.15, 0.2) is 0 Å². The molecule has 4 rings (SSSR count). The number of hydrogen-bond donors (Lipinski definition) is 0. The van der Waals surface area contributed by atoms with Gasteiger partial charge in [-0.05, 0) is 49.5 Å². The molecule has 164 valence electrons. The zero-order valence-electron chi connectivity index (χ0n) is 19.1. The number of benzene rings is 1. The van der Waals surface area contributed by atoms with Crippen LogP contribution in [-0.4, -0.2) is 43.1 Å². The normalized spacial score (nSPS) is 20.8. The van der Waals surface area contributed by atoms with Crippen LogP contribution in [-0.2, 0) is 6.42 Å². The Balaban J connectivity index is 1.75. The van der Waals surface area contributed by atoms with Gasteiger partial charge in [-0.25, -0.2) is 4.98 Å². The highest BCUT2D eigenvalue weighted by Crippen LogP contribution is 2.30. The molecule has 1 aromatic heterocycles. The molecule has 3 heterocycles. The van der Waals surface area contributed by atoms with Crippen LogP contribution in [0.4, 0.5) is 5.82 Å². The zero-order valence-corrected chi connectivity index (χ0v) is 19.9. The summed E-state index contributed by atoms with van der Waals surface area (Å²) in [6.07, 6.45) is 8.73. The molecule has 2 atom stereocenters. The van der Waals surface area contributed by atoms with Gasteiger partial charge in [0, 0.05) is 49.0 Å². The van der Waals surface area contributed by atoms with Crippen molar-refractivity contribution in [2.45, 2.75) is 45.6 Å². The number of rotatable bonds is 6. The predicted octanol–water partition coefficient (Wildman–Crippen LogP) is 4.31. The minimum Gasteiger partial charge on any atom is -0.380 e. The standard InChI is InChI=1S/C26H33ClN4/c1-5-18-21(27)17-25(31-15-9-10-16-31)29-23(18)13-14-24-19(6-2)26(30(3)4)20-11-7-8-12-22(20)28-24/h7-8,11-14,17,19,24H,5-6,9-10,15-16H2,1-4H3. The first-order valence-electron chi connectivity index (χ1n) is 11.5. The van der Waals surface area contributed by atoms with Gasteiger partial charge in [0.05, 0.1) is 17.1 Å². The van der Waals surface area contributed by atoms with Crippen LogP contribution in [0.15, 0.2) is 41.4 Å². The molecular formula is C26H33ClN4. The van der Waals surface area contributed by atoms with E-state index < -0.39 is 0 Å². The molecular weight excluding hydrogens is 404 g/mol. The van der Waals surface area contributed by atoms with E-state index >= 15 is 0 Å². The Morgan fingerprint density at radius 3 is 2.58 bits per heavy atom. The topological polar surface area (TPSA) is 31.7 Å². The molecule has 5 heteroatoms. The summed E-state index contributed by atoms with van der Waals surface area (Å²) in [6.45, 7) is 6.51. The van der Waals surface area contributed by atoms with Gasteiger partial charge in [0.2, 0.25) is 0 Å². The van der Waals surface area contributed by atoms with Crippen molar-refractivity contribution in [1.82, 2.24) is 9.88 Å². The third-order valence-electron chi connectivity index (χ3n) is 6.48. The van der Waals surface area contributed by atoms with Crippen LogP contribution in [0.5, 0.6) is 0 Å². The highest BCUT2D eigenvalue weighted by atomic mass is 35.5. The van der Waals surface area contributed by atoms with Crippen molar-refractivity contribution >= 4 is 29.2 Å². The van der Waals surface area contributed by atoms with Crippen LogP contribution in [0.1, 0.15) is 44.4 Å². The van der Waals surface area contributed by atoms with Gasteiger partial charge in [0.25, 0.3) is 0 Å². The van der Waals surface area contributed by atoms with E-state index in [1.54, 1.807) is 0 Å². The van der Waals surface area contributed by atoms with E-state index in [0.717, 1.165) is 53.4 Å². The average Bonchev–Trinajstić information content (AvgIpc) is 3.31. The van der Waals surface area contributed by atoms with Crippen molar-refractivity contribution in [3.05, 3.63) is 63.3 Å². The lowest BCUT2D eigenvalue weighted by molar-refractivity contribution is 0.448. The van der Waals surface area contributed by atoms with Gasteiger partial charge in [-0.1, -0.05) is 49.7 Å². The van der Waals surface area contributed by atoms with E-state index in [1.165, 1.54) is 23.8 Å². The lowest BCUT2D eigenvalue weighted by Crippen LogP contribution is -2.42. The average molecular weight is 437 g/mol. The molecule has 1 aromatic carbocycles. The largest absolute Gasteiger partial charge is 0.380 e. The van der Waals surface area contributed by atoms with Crippen molar-refractivity contribution in [3.63, 3.8) is 0 Å². The Morgan fingerprint density at radius 1 is 1.16 bits per heavy atom. The number of pyridine rings is 1. The van der Waals surface area contributed by atoms with Crippen molar-refractivity contribution in [2.75, 3.05) is 32.1 Å². The third-order valence-corrected chi connectivity index (χ3v) is 6.81. The molecule has 31 heavy (non-hydrogen) atoms. The summed E-state index contributed by atoms with van der Waals surface area (Å²) in [5, 5.41) is 3.13. The first kappa shape index (κ1) is 21.9. The summed E-state index contributed by atoms with van der Waals surface area (Å²) in [5.41, 5.74) is 3.45. The van der Waals surface area contributed by atoms with E-state index in [1.807, 2.05) is 6.07 Å². The van der Waals surface area contributed by atoms with Gasteiger partial charge < -0.3 is 9.80 Å². The van der Waals surface area contributed by atoms with Crippen LogP contribution < -0.4 is 15.5 Å². The van der Waals surface area contributed by atoms with Crippen molar-refractivity contribution < 1.29 is 0 Å². The highest BCUT2D eigenvalue weighted by molar-refractivity contribution is 6.31. The monoisotopic (exact) mass is 436 g/mol. The van der Waals surface area contributed by atoms with E-state index in [0.29, 0.717) is 5.92 Å². The number of aromatic nitrogens is 1. The van der Waals surface area contributed by atoms with E-state index in [4.69, 9.17) is 21.6 Å². The number of para-hydroxylation sites is 1. The van der Waals surface area contributed by atoms with Crippen LogP contribution in [0, 0.1) is 5.92 Å². The first-order valence-corrected chi connectivity index (χ1v) is 11.9. The number of halogens is 1. The molecule has 4 nitrogen and oxygen atoms in total. The molecule has 0 N–H and O–H groups in total. The van der Waals surface area contributed by atoms with Crippen LogP contribution in [0.3, 0.4) is 0 Å².